The largest absolute Gasteiger partial charge is 0.0654 e. The van der Waals surface area contributed by atoms with Crippen molar-refractivity contribution in [3.8, 4) is 0 Å². The second-order valence-electron chi connectivity index (χ2n) is 5.42. The van der Waals surface area contributed by atoms with E-state index in [1.54, 1.807) is 0 Å². The van der Waals surface area contributed by atoms with Crippen LogP contribution >= 0.6 is 0 Å². The van der Waals surface area contributed by atoms with Gasteiger partial charge in [-0.25, -0.2) is 0 Å². The molecule has 0 heterocycles. The number of hydrogen-bond acceptors (Lipinski definition) is 0. The van der Waals surface area contributed by atoms with E-state index in [0.717, 1.165) is 17.8 Å². The van der Waals surface area contributed by atoms with Crippen LogP contribution in [-0.2, 0) is 0 Å². The van der Waals surface area contributed by atoms with Crippen molar-refractivity contribution in [3.63, 3.8) is 0 Å². The van der Waals surface area contributed by atoms with Crippen LogP contribution in [0, 0.1) is 30.6 Å². The Morgan fingerprint density at radius 1 is 0.929 bits per heavy atom. The monoisotopic (exact) mass is 197 g/mol. The Labute approximate surface area is 91.5 Å². The van der Waals surface area contributed by atoms with Crippen LogP contribution in [0.2, 0.25) is 0 Å². The fourth-order valence-electron chi connectivity index (χ4n) is 2.26. The molecule has 0 amide bonds. The fourth-order valence-corrected chi connectivity index (χ4v) is 2.26. The van der Waals surface area contributed by atoms with Crippen LogP contribution in [0.15, 0.2) is 0 Å². The predicted molar refractivity (Wildman–Crippen MR) is 66.2 cm³/mol. The molecule has 1 radical (unpaired) electrons. The molecule has 0 aliphatic carbocycles. The van der Waals surface area contributed by atoms with Crippen LogP contribution in [-0.4, -0.2) is 0 Å². The minimum atomic E-state index is 0.596. The van der Waals surface area contributed by atoms with E-state index < -0.39 is 0 Å². The predicted octanol–water partition coefficient (Wildman–Crippen LogP) is 4.95. The first-order chi connectivity index (χ1) is 6.47. The van der Waals surface area contributed by atoms with Crippen molar-refractivity contribution in [2.45, 2.75) is 60.3 Å². The second kappa shape index (κ2) is 7.31. The zero-order valence-corrected chi connectivity index (χ0v) is 10.8. The standard InChI is InChI=1S/C14H29/c1-7-8-12(4)9-13(5)10-14(6)11(2)3/h11-14H,2,7-10H2,1,3-6H3. The molecule has 0 nitrogen and oxygen atoms in total. The van der Waals surface area contributed by atoms with Crippen LogP contribution in [0.5, 0.6) is 0 Å². The first-order valence-corrected chi connectivity index (χ1v) is 6.30. The maximum atomic E-state index is 4.11. The van der Waals surface area contributed by atoms with Crippen molar-refractivity contribution < 1.29 is 0 Å². The normalized spacial score (nSPS) is 18.2. The topological polar surface area (TPSA) is 0 Å². The van der Waals surface area contributed by atoms with E-state index in [0.29, 0.717) is 5.92 Å². The molecular weight excluding hydrogens is 168 g/mol. The van der Waals surface area contributed by atoms with Gasteiger partial charge in [0.15, 0.2) is 0 Å². The van der Waals surface area contributed by atoms with Crippen LogP contribution < -0.4 is 0 Å². The first kappa shape index (κ1) is 14.0. The summed E-state index contributed by atoms with van der Waals surface area (Å²) >= 11 is 0. The van der Waals surface area contributed by atoms with Crippen molar-refractivity contribution in [2.75, 3.05) is 0 Å². The highest BCUT2D eigenvalue weighted by Gasteiger charge is 2.14. The molecule has 14 heavy (non-hydrogen) atoms. The van der Waals surface area contributed by atoms with E-state index in [4.69, 9.17) is 0 Å². The molecule has 0 fully saturated rings. The molecule has 0 spiro atoms. The maximum Gasteiger partial charge on any atom is -0.0414 e. The summed E-state index contributed by atoms with van der Waals surface area (Å²) in [6.07, 6.45) is 5.46. The van der Waals surface area contributed by atoms with Gasteiger partial charge in [0.1, 0.15) is 0 Å². The molecule has 4 atom stereocenters. The highest BCUT2D eigenvalue weighted by atomic mass is 14.2. The minimum Gasteiger partial charge on any atom is -0.0654 e. The number of hydrogen-bond donors (Lipinski definition) is 0. The first-order valence-electron chi connectivity index (χ1n) is 6.30. The molecule has 0 saturated heterocycles. The Morgan fingerprint density at radius 2 is 1.50 bits per heavy atom. The summed E-state index contributed by atoms with van der Waals surface area (Å²) < 4.78 is 0. The van der Waals surface area contributed by atoms with E-state index in [-0.39, 0.29) is 0 Å². The summed E-state index contributed by atoms with van der Waals surface area (Å²) in [6.45, 7) is 15.7. The minimum absolute atomic E-state index is 0.596. The molecule has 4 unspecified atom stereocenters. The molecule has 0 bridgehead atoms. The van der Waals surface area contributed by atoms with Gasteiger partial charge in [0.25, 0.3) is 0 Å². The molecule has 0 rings (SSSR count). The second-order valence-corrected chi connectivity index (χ2v) is 5.42. The van der Waals surface area contributed by atoms with Gasteiger partial charge in [0, 0.05) is 0 Å². The third-order valence-electron chi connectivity index (χ3n) is 3.33. The van der Waals surface area contributed by atoms with E-state index >= 15 is 0 Å². The fraction of sp³-hybridized carbons (Fsp3) is 0.929. The molecule has 0 heteroatoms. The molecule has 0 aromatic carbocycles. The van der Waals surface area contributed by atoms with Gasteiger partial charge in [-0.2, -0.15) is 0 Å². The molecule has 0 aromatic heterocycles. The summed E-state index contributed by atoms with van der Waals surface area (Å²) in [6, 6.07) is 0. The van der Waals surface area contributed by atoms with Crippen molar-refractivity contribution >= 4 is 0 Å². The Balaban J connectivity index is 3.68. The van der Waals surface area contributed by atoms with Crippen LogP contribution in [0.3, 0.4) is 0 Å². The zero-order chi connectivity index (χ0) is 11.1. The van der Waals surface area contributed by atoms with Gasteiger partial charge in [-0.05, 0) is 36.5 Å². The summed E-state index contributed by atoms with van der Waals surface area (Å²) in [4.78, 5) is 0. The third-order valence-corrected chi connectivity index (χ3v) is 3.33. The summed E-state index contributed by atoms with van der Waals surface area (Å²) in [5, 5.41) is 0. The lowest BCUT2D eigenvalue weighted by Gasteiger charge is -2.22. The Bertz CT molecular complexity index is 126. The Kier molecular flexibility index (Phi) is 7.31. The quantitative estimate of drug-likeness (QED) is 0.542. The highest BCUT2D eigenvalue weighted by Crippen LogP contribution is 2.25. The lowest BCUT2D eigenvalue weighted by atomic mass is 9.84. The molecule has 0 N–H and O–H groups in total. The van der Waals surface area contributed by atoms with E-state index in [2.05, 4.69) is 41.5 Å². The van der Waals surface area contributed by atoms with Gasteiger partial charge in [-0.3, -0.25) is 0 Å². The smallest absolute Gasteiger partial charge is 0.0414 e. The summed E-state index contributed by atoms with van der Waals surface area (Å²) in [7, 11) is 0. The van der Waals surface area contributed by atoms with E-state index in [9.17, 15) is 0 Å². The maximum absolute atomic E-state index is 4.11. The lowest BCUT2D eigenvalue weighted by Crippen LogP contribution is -2.11. The number of rotatable bonds is 7. The lowest BCUT2D eigenvalue weighted by molar-refractivity contribution is 0.302. The van der Waals surface area contributed by atoms with Gasteiger partial charge in [0.05, 0.1) is 0 Å². The molecule has 0 aliphatic heterocycles. The van der Waals surface area contributed by atoms with E-state index in [1.807, 2.05) is 0 Å². The van der Waals surface area contributed by atoms with Crippen LogP contribution in [0.4, 0.5) is 0 Å². The van der Waals surface area contributed by atoms with Crippen molar-refractivity contribution in [3.05, 3.63) is 6.92 Å². The van der Waals surface area contributed by atoms with Gasteiger partial charge in [-0.15, -0.1) is 0 Å². The zero-order valence-electron chi connectivity index (χ0n) is 10.8. The Hall–Kier alpha value is 0. The van der Waals surface area contributed by atoms with Crippen LogP contribution in [0.25, 0.3) is 0 Å². The summed E-state index contributed by atoms with van der Waals surface area (Å²) in [5.41, 5.74) is 0. The average Bonchev–Trinajstić information content (AvgIpc) is 2.03. The molecular formula is C14H29. The SMILES string of the molecule is [CH2]C(C)C(C)CC(C)CC(C)CCC. The molecule has 85 valence electrons. The average molecular weight is 197 g/mol. The van der Waals surface area contributed by atoms with Crippen molar-refractivity contribution in [1.29, 1.82) is 0 Å². The van der Waals surface area contributed by atoms with Crippen molar-refractivity contribution in [1.82, 2.24) is 0 Å². The highest BCUT2D eigenvalue weighted by molar-refractivity contribution is 4.68. The van der Waals surface area contributed by atoms with Crippen molar-refractivity contribution in [2.24, 2.45) is 23.7 Å². The molecule has 0 saturated carbocycles. The Morgan fingerprint density at radius 3 is 1.93 bits per heavy atom. The molecule has 0 aliphatic rings. The van der Waals surface area contributed by atoms with Gasteiger partial charge < -0.3 is 0 Å². The van der Waals surface area contributed by atoms with Crippen LogP contribution in [0.1, 0.15) is 60.3 Å². The third kappa shape index (κ3) is 6.45. The van der Waals surface area contributed by atoms with Gasteiger partial charge in [0.2, 0.25) is 0 Å². The van der Waals surface area contributed by atoms with Gasteiger partial charge >= 0.3 is 0 Å². The van der Waals surface area contributed by atoms with Gasteiger partial charge in [-0.1, -0.05) is 54.4 Å². The summed E-state index contributed by atoms with van der Waals surface area (Å²) in [5.74, 6) is 3.15. The van der Waals surface area contributed by atoms with E-state index in [1.165, 1.54) is 25.7 Å². The molecule has 0 aromatic rings.